The highest BCUT2D eigenvalue weighted by molar-refractivity contribution is 14.0. The second-order valence-electron chi connectivity index (χ2n) is 6.74. The van der Waals surface area contributed by atoms with Gasteiger partial charge in [0.05, 0.1) is 12.3 Å². The van der Waals surface area contributed by atoms with Crippen LogP contribution in [0.1, 0.15) is 34.7 Å². The summed E-state index contributed by atoms with van der Waals surface area (Å²) >= 11 is 1.82. The van der Waals surface area contributed by atoms with E-state index >= 15 is 0 Å². The van der Waals surface area contributed by atoms with Crippen molar-refractivity contribution in [1.29, 1.82) is 0 Å². The molecule has 3 N–H and O–H groups in total. The summed E-state index contributed by atoms with van der Waals surface area (Å²) < 4.78 is 25.8. The second kappa shape index (κ2) is 12.5. The summed E-state index contributed by atoms with van der Waals surface area (Å²) in [5, 5.41) is 6.72. The van der Waals surface area contributed by atoms with E-state index in [1.54, 1.807) is 0 Å². The largest absolute Gasteiger partial charge is 0.357 e. The van der Waals surface area contributed by atoms with Crippen LogP contribution in [0.2, 0.25) is 0 Å². The number of hydrogen-bond acceptors (Lipinski definition) is 4. The van der Waals surface area contributed by atoms with Gasteiger partial charge in [-0.15, -0.1) is 35.3 Å². The minimum atomic E-state index is -3.28. The second-order valence-corrected chi connectivity index (χ2v) is 10.0. The van der Waals surface area contributed by atoms with Crippen molar-refractivity contribution in [3.63, 3.8) is 0 Å². The van der Waals surface area contributed by atoms with Gasteiger partial charge in [-0.25, -0.2) is 18.1 Å². The van der Waals surface area contributed by atoms with Crippen molar-refractivity contribution in [2.24, 2.45) is 4.99 Å². The van der Waals surface area contributed by atoms with Crippen molar-refractivity contribution in [3.8, 4) is 0 Å². The molecular formula is C20H31IN4O2S2. The van der Waals surface area contributed by atoms with Crippen LogP contribution in [0.25, 0.3) is 0 Å². The summed E-state index contributed by atoms with van der Waals surface area (Å²) in [6, 6.07) is 12.1. The quantitative estimate of drug-likeness (QED) is 0.254. The molecule has 2 rings (SSSR count). The normalized spacial score (nSPS) is 12.9. The fourth-order valence-corrected chi connectivity index (χ4v) is 4.56. The number of thiophene rings is 1. The molecule has 0 saturated carbocycles. The van der Waals surface area contributed by atoms with E-state index in [0.717, 1.165) is 30.1 Å². The van der Waals surface area contributed by atoms with E-state index < -0.39 is 10.0 Å². The molecule has 1 unspecified atom stereocenters. The lowest BCUT2D eigenvalue weighted by molar-refractivity contribution is 0.587. The Kier molecular flexibility index (Phi) is 11.2. The first-order valence-corrected chi connectivity index (χ1v) is 11.9. The van der Waals surface area contributed by atoms with Crippen molar-refractivity contribution in [1.82, 2.24) is 15.4 Å². The van der Waals surface area contributed by atoms with Gasteiger partial charge in [0.15, 0.2) is 5.96 Å². The number of aryl methyl sites for hydroxylation is 1. The van der Waals surface area contributed by atoms with Crippen LogP contribution in [0.5, 0.6) is 0 Å². The van der Waals surface area contributed by atoms with E-state index in [1.165, 1.54) is 16.8 Å². The number of guanidine groups is 1. The van der Waals surface area contributed by atoms with E-state index in [4.69, 9.17) is 0 Å². The Morgan fingerprint density at radius 2 is 1.93 bits per heavy atom. The van der Waals surface area contributed by atoms with E-state index in [0.29, 0.717) is 6.54 Å². The number of hydrogen-bond donors (Lipinski definition) is 3. The maximum Gasteiger partial charge on any atom is 0.215 e. The predicted octanol–water partition coefficient (Wildman–Crippen LogP) is 3.41. The van der Waals surface area contributed by atoms with Crippen molar-refractivity contribution < 1.29 is 8.42 Å². The van der Waals surface area contributed by atoms with Gasteiger partial charge >= 0.3 is 0 Å². The molecule has 0 fully saturated rings. The molecule has 1 heterocycles. The zero-order valence-corrected chi connectivity index (χ0v) is 21.3. The maximum atomic E-state index is 11.7. The molecule has 0 aliphatic heterocycles. The summed E-state index contributed by atoms with van der Waals surface area (Å²) in [4.78, 5) is 7.34. The minimum Gasteiger partial charge on any atom is -0.357 e. The van der Waals surface area contributed by atoms with E-state index in [9.17, 15) is 8.42 Å². The molecule has 0 amide bonds. The molecule has 0 saturated heterocycles. The number of sulfonamides is 1. The highest BCUT2D eigenvalue weighted by Crippen LogP contribution is 2.16. The van der Waals surface area contributed by atoms with Gasteiger partial charge in [0.2, 0.25) is 10.0 Å². The lowest BCUT2D eigenvalue weighted by Gasteiger charge is -2.17. The van der Waals surface area contributed by atoms with Crippen molar-refractivity contribution in [2.45, 2.75) is 45.5 Å². The SMILES string of the molecule is CCNC(=NCc1cccc(CS(=O)(=O)NC)c1)NC(C)Cc1ccc(C)s1.I. The summed E-state index contributed by atoms with van der Waals surface area (Å²) in [5.41, 5.74) is 1.73. The Morgan fingerprint density at radius 1 is 1.21 bits per heavy atom. The Hall–Kier alpha value is -1.17. The minimum absolute atomic E-state index is 0. The summed E-state index contributed by atoms with van der Waals surface area (Å²) in [5.74, 6) is 0.730. The Labute approximate surface area is 195 Å². The van der Waals surface area contributed by atoms with E-state index in [1.807, 2.05) is 42.5 Å². The molecule has 0 radical (unpaired) electrons. The molecule has 1 aromatic heterocycles. The smallest absolute Gasteiger partial charge is 0.215 e. The van der Waals surface area contributed by atoms with E-state index in [2.05, 4.69) is 46.3 Å². The Bertz CT molecular complexity index is 897. The highest BCUT2D eigenvalue weighted by atomic mass is 127. The van der Waals surface area contributed by atoms with Gasteiger partial charge in [-0.1, -0.05) is 24.3 Å². The average molecular weight is 551 g/mol. The van der Waals surface area contributed by atoms with Crippen LogP contribution in [0.3, 0.4) is 0 Å². The molecule has 0 aliphatic carbocycles. The van der Waals surface area contributed by atoms with Gasteiger partial charge in [0.25, 0.3) is 0 Å². The van der Waals surface area contributed by atoms with Crippen molar-refractivity contribution >= 4 is 51.3 Å². The summed E-state index contributed by atoms with van der Waals surface area (Å²) in [6.45, 7) is 7.55. The highest BCUT2D eigenvalue weighted by Gasteiger charge is 2.10. The third kappa shape index (κ3) is 9.45. The summed E-state index contributed by atoms with van der Waals surface area (Å²) in [7, 11) is -1.86. The van der Waals surface area contributed by atoms with Gasteiger partial charge in [-0.3, -0.25) is 0 Å². The van der Waals surface area contributed by atoms with Gasteiger partial charge < -0.3 is 10.6 Å². The Morgan fingerprint density at radius 3 is 2.55 bits per heavy atom. The first-order valence-electron chi connectivity index (χ1n) is 9.40. The zero-order valence-electron chi connectivity index (χ0n) is 17.4. The van der Waals surface area contributed by atoms with Gasteiger partial charge in [0.1, 0.15) is 0 Å². The van der Waals surface area contributed by atoms with Gasteiger partial charge in [0, 0.05) is 28.8 Å². The number of nitrogens with zero attached hydrogens (tertiary/aromatic N) is 1. The molecule has 9 heteroatoms. The topological polar surface area (TPSA) is 82.6 Å². The standard InChI is InChI=1S/C20H30N4O2S2.HI/c1-5-22-20(24-15(2)11-19-10-9-16(3)27-19)23-13-17-7-6-8-18(12-17)14-28(25,26)21-4;/h6-10,12,15,21H,5,11,13-14H2,1-4H3,(H2,22,23,24);1H. The van der Waals surface area contributed by atoms with Crippen LogP contribution in [0.4, 0.5) is 0 Å². The molecular weight excluding hydrogens is 519 g/mol. The van der Waals surface area contributed by atoms with Crippen LogP contribution >= 0.6 is 35.3 Å². The zero-order chi connectivity index (χ0) is 20.6. The van der Waals surface area contributed by atoms with Crippen LogP contribution in [-0.4, -0.2) is 34.0 Å². The third-order valence-corrected chi connectivity index (χ3v) is 6.47. The predicted molar refractivity (Wildman–Crippen MR) is 134 cm³/mol. The monoisotopic (exact) mass is 550 g/mol. The third-order valence-electron chi connectivity index (χ3n) is 4.11. The molecule has 1 atom stereocenters. The number of nitrogens with one attached hydrogen (secondary N) is 3. The van der Waals surface area contributed by atoms with Crippen LogP contribution in [0, 0.1) is 6.92 Å². The van der Waals surface area contributed by atoms with Crippen molar-refractivity contribution in [2.75, 3.05) is 13.6 Å². The molecule has 2 aromatic rings. The molecule has 29 heavy (non-hydrogen) atoms. The number of aliphatic imine (C=N–C) groups is 1. The molecule has 6 nitrogen and oxygen atoms in total. The molecule has 0 spiro atoms. The number of benzene rings is 1. The lowest BCUT2D eigenvalue weighted by atomic mass is 10.1. The first kappa shape index (κ1) is 25.9. The van der Waals surface area contributed by atoms with Gasteiger partial charge in [-0.2, -0.15) is 0 Å². The fraction of sp³-hybridized carbons (Fsp3) is 0.450. The summed E-state index contributed by atoms with van der Waals surface area (Å²) in [6.07, 6.45) is 0.945. The Balaban J connectivity index is 0.00000420. The molecule has 162 valence electrons. The van der Waals surface area contributed by atoms with Crippen LogP contribution in [-0.2, 0) is 28.7 Å². The fourth-order valence-electron chi connectivity index (χ4n) is 2.78. The van der Waals surface area contributed by atoms with Gasteiger partial charge in [-0.05, 0) is 51.1 Å². The molecule has 0 bridgehead atoms. The molecule has 1 aromatic carbocycles. The maximum absolute atomic E-state index is 11.7. The van der Waals surface area contributed by atoms with Crippen LogP contribution in [0.15, 0.2) is 41.4 Å². The lowest BCUT2D eigenvalue weighted by Crippen LogP contribution is -2.43. The molecule has 0 aliphatic rings. The average Bonchev–Trinajstić information content (AvgIpc) is 3.04. The number of halogens is 1. The van der Waals surface area contributed by atoms with E-state index in [-0.39, 0.29) is 35.8 Å². The first-order chi connectivity index (χ1) is 13.3. The number of rotatable bonds is 9. The van der Waals surface area contributed by atoms with Crippen molar-refractivity contribution in [3.05, 3.63) is 57.3 Å². The van der Waals surface area contributed by atoms with Crippen LogP contribution < -0.4 is 15.4 Å².